The maximum atomic E-state index is 11.7. The molecule has 0 spiro atoms. The third-order valence-electron chi connectivity index (χ3n) is 2.44. The lowest BCUT2D eigenvalue weighted by Crippen LogP contribution is -2.50. The van der Waals surface area contributed by atoms with Crippen molar-refractivity contribution < 1.29 is 4.79 Å². The molecular weight excluding hydrogens is 180 g/mol. The summed E-state index contributed by atoms with van der Waals surface area (Å²) in [6.07, 6.45) is 4.43. The van der Waals surface area contributed by atoms with Crippen molar-refractivity contribution in [2.45, 2.75) is 32.2 Å². The van der Waals surface area contributed by atoms with E-state index >= 15 is 0 Å². The van der Waals surface area contributed by atoms with E-state index in [9.17, 15) is 4.79 Å². The fourth-order valence-corrected chi connectivity index (χ4v) is 1.14. The van der Waals surface area contributed by atoms with Crippen LogP contribution in [0.4, 0.5) is 5.95 Å². The normalized spacial score (nSPS) is 11.4. The molecule has 1 aromatic rings. The molecule has 1 heterocycles. The van der Waals surface area contributed by atoms with E-state index in [0.29, 0.717) is 18.8 Å². The molecule has 1 aromatic heterocycles. The van der Waals surface area contributed by atoms with Gasteiger partial charge in [-0.3, -0.25) is 10.1 Å². The van der Waals surface area contributed by atoms with Gasteiger partial charge in [-0.1, -0.05) is 13.8 Å². The molecule has 5 nitrogen and oxygen atoms in total. The third-order valence-corrected chi connectivity index (χ3v) is 2.44. The number of hydrogen-bond acceptors (Lipinski definition) is 3. The smallest absolute Gasteiger partial charge is 0.246 e. The summed E-state index contributed by atoms with van der Waals surface area (Å²) in [4.78, 5) is 18.4. The van der Waals surface area contributed by atoms with Crippen molar-refractivity contribution in [1.29, 1.82) is 0 Å². The van der Waals surface area contributed by atoms with E-state index in [2.05, 4.69) is 15.3 Å². The van der Waals surface area contributed by atoms with Crippen molar-refractivity contribution in [3.05, 3.63) is 12.4 Å². The van der Waals surface area contributed by atoms with Gasteiger partial charge in [0.25, 0.3) is 0 Å². The number of hydrogen-bond donors (Lipinski definition) is 3. The van der Waals surface area contributed by atoms with Crippen LogP contribution in [0.1, 0.15) is 26.7 Å². The molecule has 14 heavy (non-hydrogen) atoms. The van der Waals surface area contributed by atoms with Gasteiger partial charge in [-0.25, -0.2) is 4.98 Å². The lowest BCUT2D eigenvalue weighted by Gasteiger charge is -2.24. The Labute approximate surface area is 83.1 Å². The van der Waals surface area contributed by atoms with Crippen LogP contribution in [0.2, 0.25) is 0 Å². The minimum Gasteiger partial charge on any atom is -0.331 e. The molecule has 0 atom stereocenters. The van der Waals surface area contributed by atoms with Crippen LogP contribution in [0.5, 0.6) is 0 Å². The average Bonchev–Trinajstić information content (AvgIpc) is 2.69. The van der Waals surface area contributed by atoms with Gasteiger partial charge in [-0.05, 0) is 12.8 Å². The van der Waals surface area contributed by atoms with E-state index in [1.54, 1.807) is 12.4 Å². The number of anilines is 1. The Bertz CT molecular complexity index is 290. The van der Waals surface area contributed by atoms with Crippen LogP contribution in [0.3, 0.4) is 0 Å². The summed E-state index contributed by atoms with van der Waals surface area (Å²) in [6, 6.07) is 0. The average molecular weight is 196 g/mol. The number of amides is 1. The first-order chi connectivity index (χ1) is 6.62. The topological polar surface area (TPSA) is 83.8 Å². The summed E-state index contributed by atoms with van der Waals surface area (Å²) in [5.41, 5.74) is 5.10. The molecule has 1 rings (SSSR count). The molecule has 4 N–H and O–H groups in total. The molecule has 0 bridgehead atoms. The van der Waals surface area contributed by atoms with E-state index in [1.807, 2.05) is 13.8 Å². The van der Waals surface area contributed by atoms with Gasteiger partial charge in [0.05, 0.1) is 5.54 Å². The zero-order valence-corrected chi connectivity index (χ0v) is 8.50. The van der Waals surface area contributed by atoms with Crippen LogP contribution in [-0.4, -0.2) is 21.4 Å². The Morgan fingerprint density at radius 1 is 1.64 bits per heavy atom. The summed E-state index contributed by atoms with van der Waals surface area (Å²) >= 11 is 0. The summed E-state index contributed by atoms with van der Waals surface area (Å²) in [7, 11) is 0. The number of nitrogens with zero attached hydrogens (tertiary/aromatic N) is 1. The van der Waals surface area contributed by atoms with Crippen LogP contribution in [0.15, 0.2) is 12.4 Å². The molecule has 1 amide bonds. The van der Waals surface area contributed by atoms with Crippen molar-refractivity contribution in [2.75, 3.05) is 5.32 Å². The molecule has 0 radical (unpaired) electrons. The van der Waals surface area contributed by atoms with Gasteiger partial charge in [0.15, 0.2) is 0 Å². The fourth-order valence-electron chi connectivity index (χ4n) is 1.14. The van der Waals surface area contributed by atoms with Gasteiger partial charge in [-0.15, -0.1) is 0 Å². The standard InChI is InChI=1S/C9H16N4O/c1-3-9(10,4-2)7(14)13-8-11-5-6-12-8/h5-6H,3-4,10H2,1-2H3,(H2,11,12,13,14). The second-order valence-corrected chi connectivity index (χ2v) is 3.26. The molecule has 5 heteroatoms. The number of carbonyl (C=O) groups excluding carboxylic acids is 1. The molecule has 0 unspecified atom stereocenters. The maximum absolute atomic E-state index is 11.7. The highest BCUT2D eigenvalue weighted by atomic mass is 16.2. The molecule has 78 valence electrons. The van der Waals surface area contributed by atoms with E-state index in [1.165, 1.54) is 0 Å². The van der Waals surface area contributed by atoms with E-state index in [-0.39, 0.29) is 5.91 Å². The van der Waals surface area contributed by atoms with Crippen molar-refractivity contribution in [3.63, 3.8) is 0 Å². The quantitative estimate of drug-likeness (QED) is 0.668. The second kappa shape index (κ2) is 4.23. The van der Waals surface area contributed by atoms with Crippen LogP contribution in [0.25, 0.3) is 0 Å². The predicted octanol–water partition coefficient (Wildman–Crippen LogP) is 0.866. The zero-order valence-electron chi connectivity index (χ0n) is 8.50. The number of imidazole rings is 1. The second-order valence-electron chi connectivity index (χ2n) is 3.26. The summed E-state index contributed by atoms with van der Waals surface area (Å²) in [6.45, 7) is 3.79. The summed E-state index contributed by atoms with van der Waals surface area (Å²) in [5, 5.41) is 2.63. The highest BCUT2D eigenvalue weighted by Crippen LogP contribution is 2.13. The van der Waals surface area contributed by atoms with Crippen molar-refractivity contribution >= 4 is 11.9 Å². The van der Waals surface area contributed by atoms with Gasteiger partial charge in [0, 0.05) is 12.4 Å². The number of H-pyrrole nitrogens is 1. The number of rotatable bonds is 4. The summed E-state index contributed by atoms with van der Waals surface area (Å²) < 4.78 is 0. The maximum Gasteiger partial charge on any atom is 0.246 e. The Kier molecular flexibility index (Phi) is 3.24. The Morgan fingerprint density at radius 2 is 2.29 bits per heavy atom. The first kappa shape index (κ1) is 10.7. The molecule has 0 saturated carbocycles. The highest BCUT2D eigenvalue weighted by molar-refractivity contribution is 5.96. The lowest BCUT2D eigenvalue weighted by atomic mass is 9.93. The van der Waals surface area contributed by atoms with Gasteiger partial charge < -0.3 is 10.7 Å². The largest absolute Gasteiger partial charge is 0.331 e. The zero-order chi connectivity index (χ0) is 10.6. The molecule has 0 fully saturated rings. The minimum atomic E-state index is -0.799. The monoisotopic (exact) mass is 196 g/mol. The number of nitrogens with one attached hydrogen (secondary N) is 2. The fraction of sp³-hybridized carbons (Fsp3) is 0.556. The van der Waals surface area contributed by atoms with Gasteiger partial charge in [-0.2, -0.15) is 0 Å². The van der Waals surface area contributed by atoms with Crippen LogP contribution in [0, 0.1) is 0 Å². The van der Waals surface area contributed by atoms with Crippen LogP contribution >= 0.6 is 0 Å². The predicted molar refractivity (Wildman–Crippen MR) is 54.7 cm³/mol. The molecule has 0 aliphatic rings. The van der Waals surface area contributed by atoms with Crippen LogP contribution in [-0.2, 0) is 4.79 Å². The van der Waals surface area contributed by atoms with Gasteiger partial charge >= 0.3 is 0 Å². The third kappa shape index (κ3) is 2.11. The first-order valence-corrected chi connectivity index (χ1v) is 4.72. The SMILES string of the molecule is CCC(N)(CC)C(=O)Nc1ncc[nH]1. The summed E-state index contributed by atoms with van der Waals surface area (Å²) in [5.74, 6) is 0.240. The Morgan fingerprint density at radius 3 is 2.71 bits per heavy atom. The molecule has 0 aromatic carbocycles. The molecule has 0 aliphatic heterocycles. The first-order valence-electron chi connectivity index (χ1n) is 4.72. The van der Waals surface area contributed by atoms with Crippen LogP contribution < -0.4 is 11.1 Å². The van der Waals surface area contributed by atoms with E-state index in [0.717, 1.165) is 0 Å². The van der Waals surface area contributed by atoms with Gasteiger partial charge in [0.1, 0.15) is 0 Å². The van der Waals surface area contributed by atoms with Gasteiger partial charge in [0.2, 0.25) is 11.9 Å². The minimum absolute atomic E-state index is 0.197. The molecule has 0 saturated heterocycles. The highest BCUT2D eigenvalue weighted by Gasteiger charge is 2.30. The van der Waals surface area contributed by atoms with Crippen molar-refractivity contribution in [2.24, 2.45) is 5.73 Å². The molecular formula is C9H16N4O. The Hall–Kier alpha value is -1.36. The Balaban J connectivity index is 2.66. The van der Waals surface area contributed by atoms with Crippen molar-refractivity contribution in [1.82, 2.24) is 9.97 Å². The lowest BCUT2D eigenvalue weighted by molar-refractivity contribution is -0.121. The number of aromatic nitrogens is 2. The number of nitrogens with two attached hydrogens (primary N) is 1. The van der Waals surface area contributed by atoms with Crippen molar-refractivity contribution in [3.8, 4) is 0 Å². The van der Waals surface area contributed by atoms with E-state index < -0.39 is 5.54 Å². The molecule has 0 aliphatic carbocycles. The number of aromatic amines is 1. The number of carbonyl (C=O) groups is 1. The van der Waals surface area contributed by atoms with E-state index in [4.69, 9.17) is 5.73 Å².